The number of carbonyl (C=O) groups excluding carboxylic acids is 1. The normalized spacial score (nSPS) is 11.0. The van der Waals surface area contributed by atoms with Crippen LogP contribution in [-0.4, -0.2) is 22.9 Å². The lowest BCUT2D eigenvalue weighted by atomic mass is 9.98. The first-order valence-corrected chi connectivity index (χ1v) is 11.3. The van der Waals surface area contributed by atoms with Gasteiger partial charge in [-0.3, -0.25) is 9.78 Å². The molecule has 0 aliphatic rings. The van der Waals surface area contributed by atoms with Gasteiger partial charge in [-0.2, -0.15) is 0 Å². The van der Waals surface area contributed by atoms with Crippen LogP contribution in [0.15, 0.2) is 79.0 Å². The molecule has 0 atom stereocenters. The second-order valence-corrected chi connectivity index (χ2v) is 8.72. The van der Waals surface area contributed by atoms with Crippen molar-refractivity contribution < 1.29 is 9.53 Å². The van der Waals surface area contributed by atoms with Crippen molar-refractivity contribution in [3.8, 4) is 28.1 Å². The Bertz CT molecular complexity index is 1460. The molecule has 0 unspecified atom stereocenters. The third kappa shape index (κ3) is 3.85. The van der Waals surface area contributed by atoms with Gasteiger partial charge in [0.2, 0.25) is 5.78 Å². The molecule has 2 aromatic carbocycles. The van der Waals surface area contributed by atoms with Crippen LogP contribution in [0, 0.1) is 6.92 Å². The Morgan fingerprint density at radius 2 is 1.70 bits per heavy atom. The molecule has 33 heavy (non-hydrogen) atoms. The molecule has 0 aliphatic heterocycles. The van der Waals surface area contributed by atoms with Crippen LogP contribution in [0.3, 0.4) is 0 Å². The van der Waals surface area contributed by atoms with Gasteiger partial charge in [0, 0.05) is 17.1 Å². The first-order valence-electron chi connectivity index (χ1n) is 10.5. The minimum Gasteiger partial charge on any atom is -0.497 e. The molecule has 2 N–H and O–H groups in total. The van der Waals surface area contributed by atoms with Gasteiger partial charge >= 0.3 is 0 Å². The minimum atomic E-state index is -0.197. The summed E-state index contributed by atoms with van der Waals surface area (Å²) in [5.74, 6) is 0.583. The molecule has 5 aromatic rings. The molecule has 0 radical (unpaired) electrons. The van der Waals surface area contributed by atoms with Gasteiger partial charge in [0.15, 0.2) is 0 Å². The fourth-order valence-electron chi connectivity index (χ4n) is 3.77. The number of fused-ring (bicyclic) bond motifs is 1. The van der Waals surface area contributed by atoms with E-state index in [-0.39, 0.29) is 5.78 Å². The Balaban J connectivity index is 1.74. The van der Waals surface area contributed by atoms with Gasteiger partial charge in [-0.05, 0) is 60.5 Å². The molecule has 3 aromatic heterocycles. The highest BCUT2D eigenvalue weighted by atomic mass is 32.1. The Morgan fingerprint density at radius 1 is 0.970 bits per heavy atom. The number of nitrogens with zero attached hydrogens (tertiary/aromatic N) is 2. The van der Waals surface area contributed by atoms with E-state index in [1.54, 1.807) is 31.5 Å². The molecular weight excluding hydrogens is 430 g/mol. The summed E-state index contributed by atoms with van der Waals surface area (Å²) in [5.41, 5.74) is 12.3. The molecule has 5 nitrogen and oxygen atoms in total. The SMILES string of the molecule is COc1ccc(-c2cc(-c3ccc(C)cc3)c3c(N)c(C(=O)c4ccccn4)sc3n2)cc1. The Labute approximate surface area is 195 Å². The Hall–Kier alpha value is -4.03. The number of rotatable bonds is 5. The molecule has 5 rings (SSSR count). The molecule has 0 saturated carbocycles. The number of methoxy groups -OCH3 is 1. The molecule has 0 bridgehead atoms. The Morgan fingerprint density at radius 3 is 2.36 bits per heavy atom. The average Bonchev–Trinajstić information content (AvgIpc) is 3.20. The number of hydrogen-bond acceptors (Lipinski definition) is 6. The summed E-state index contributed by atoms with van der Waals surface area (Å²) in [5, 5.41) is 0.792. The van der Waals surface area contributed by atoms with Crippen LogP contribution in [0.4, 0.5) is 5.69 Å². The number of hydrogen-bond donors (Lipinski definition) is 1. The number of benzene rings is 2. The lowest BCUT2D eigenvalue weighted by molar-refractivity contribution is 0.103. The van der Waals surface area contributed by atoms with Crippen molar-refractivity contribution in [2.24, 2.45) is 0 Å². The predicted octanol–water partition coefficient (Wildman–Crippen LogP) is 6.16. The van der Waals surface area contributed by atoms with Gasteiger partial charge in [0.1, 0.15) is 21.2 Å². The first-order chi connectivity index (χ1) is 16.0. The third-order valence-electron chi connectivity index (χ3n) is 5.55. The van der Waals surface area contributed by atoms with Gasteiger partial charge in [-0.15, -0.1) is 11.3 Å². The second kappa shape index (κ2) is 8.48. The average molecular weight is 452 g/mol. The maximum atomic E-state index is 13.2. The highest BCUT2D eigenvalue weighted by molar-refractivity contribution is 7.21. The number of aryl methyl sites for hydroxylation is 1. The summed E-state index contributed by atoms with van der Waals surface area (Å²) in [4.78, 5) is 23.4. The molecular formula is C27H21N3O2S. The summed E-state index contributed by atoms with van der Waals surface area (Å²) in [6.45, 7) is 2.05. The summed E-state index contributed by atoms with van der Waals surface area (Å²) in [7, 11) is 1.64. The highest BCUT2D eigenvalue weighted by Gasteiger charge is 2.23. The van der Waals surface area contributed by atoms with E-state index in [1.165, 1.54) is 16.9 Å². The number of pyridine rings is 2. The molecule has 0 amide bonds. The maximum Gasteiger partial charge on any atom is 0.223 e. The zero-order valence-electron chi connectivity index (χ0n) is 18.2. The van der Waals surface area contributed by atoms with Gasteiger partial charge in [0.25, 0.3) is 0 Å². The second-order valence-electron chi connectivity index (χ2n) is 7.72. The van der Waals surface area contributed by atoms with Crippen LogP contribution in [-0.2, 0) is 0 Å². The number of ketones is 1. The van der Waals surface area contributed by atoms with Crippen molar-refractivity contribution in [2.75, 3.05) is 12.8 Å². The lowest BCUT2D eigenvalue weighted by Crippen LogP contribution is -2.04. The molecule has 3 heterocycles. The molecule has 0 saturated heterocycles. The molecule has 0 aliphatic carbocycles. The smallest absolute Gasteiger partial charge is 0.223 e. The summed E-state index contributed by atoms with van der Waals surface area (Å²) in [6.07, 6.45) is 1.61. The van der Waals surface area contributed by atoms with E-state index in [2.05, 4.69) is 36.2 Å². The number of thiophene rings is 1. The zero-order valence-corrected chi connectivity index (χ0v) is 19.0. The third-order valence-corrected chi connectivity index (χ3v) is 6.65. The van der Waals surface area contributed by atoms with Gasteiger partial charge in [0.05, 0.1) is 18.5 Å². The van der Waals surface area contributed by atoms with Crippen LogP contribution >= 0.6 is 11.3 Å². The topological polar surface area (TPSA) is 78.1 Å². The zero-order chi connectivity index (χ0) is 22.9. The van der Waals surface area contributed by atoms with Crippen LogP contribution in [0.25, 0.3) is 32.6 Å². The number of anilines is 1. The van der Waals surface area contributed by atoms with Crippen molar-refractivity contribution >= 4 is 33.0 Å². The van der Waals surface area contributed by atoms with E-state index in [0.717, 1.165) is 38.4 Å². The quantitative estimate of drug-likeness (QED) is 0.324. The lowest BCUT2D eigenvalue weighted by Gasteiger charge is -2.10. The summed E-state index contributed by atoms with van der Waals surface area (Å²) >= 11 is 1.30. The molecule has 162 valence electrons. The molecule has 0 spiro atoms. The van der Waals surface area contributed by atoms with E-state index in [9.17, 15) is 4.79 Å². The maximum absolute atomic E-state index is 13.2. The van der Waals surface area contributed by atoms with Crippen LogP contribution in [0.1, 0.15) is 20.9 Å². The molecule has 0 fully saturated rings. The standard InChI is InChI=1S/C27H21N3O2S/c1-16-6-8-17(9-7-16)20-15-22(18-10-12-19(32-2)13-11-18)30-27-23(20)24(28)26(33-27)25(31)21-5-3-4-14-29-21/h3-15H,28H2,1-2H3. The number of ether oxygens (including phenoxy) is 1. The fourth-order valence-corrected chi connectivity index (χ4v) is 4.84. The van der Waals surface area contributed by atoms with Crippen LogP contribution < -0.4 is 10.5 Å². The van der Waals surface area contributed by atoms with Crippen molar-refractivity contribution in [1.82, 2.24) is 9.97 Å². The van der Waals surface area contributed by atoms with Crippen LogP contribution in [0.2, 0.25) is 0 Å². The van der Waals surface area contributed by atoms with Gasteiger partial charge in [-0.1, -0.05) is 35.9 Å². The van der Waals surface area contributed by atoms with Crippen LogP contribution in [0.5, 0.6) is 5.75 Å². The van der Waals surface area contributed by atoms with E-state index in [0.29, 0.717) is 16.3 Å². The highest BCUT2D eigenvalue weighted by Crippen LogP contribution is 2.42. The van der Waals surface area contributed by atoms with E-state index >= 15 is 0 Å². The number of aromatic nitrogens is 2. The molecule has 6 heteroatoms. The number of nitrogens with two attached hydrogens (primary N) is 1. The van der Waals surface area contributed by atoms with Crippen molar-refractivity contribution in [3.05, 3.63) is 95.1 Å². The Kier molecular flexibility index (Phi) is 5.36. The van der Waals surface area contributed by atoms with E-state index in [4.69, 9.17) is 15.5 Å². The minimum absolute atomic E-state index is 0.197. The largest absolute Gasteiger partial charge is 0.497 e. The monoisotopic (exact) mass is 451 g/mol. The van der Waals surface area contributed by atoms with E-state index < -0.39 is 0 Å². The van der Waals surface area contributed by atoms with Gasteiger partial charge in [-0.25, -0.2) is 4.98 Å². The van der Waals surface area contributed by atoms with Crippen molar-refractivity contribution in [1.29, 1.82) is 0 Å². The number of nitrogen functional groups attached to an aromatic ring is 1. The summed E-state index contributed by atoms with van der Waals surface area (Å²) in [6, 6.07) is 23.3. The predicted molar refractivity (Wildman–Crippen MR) is 134 cm³/mol. The summed E-state index contributed by atoms with van der Waals surface area (Å²) < 4.78 is 5.29. The van der Waals surface area contributed by atoms with Crippen molar-refractivity contribution in [3.63, 3.8) is 0 Å². The van der Waals surface area contributed by atoms with E-state index in [1.807, 2.05) is 30.3 Å². The van der Waals surface area contributed by atoms with Gasteiger partial charge < -0.3 is 10.5 Å². The number of carbonyl (C=O) groups is 1. The fraction of sp³-hybridized carbons (Fsp3) is 0.0741. The first kappa shape index (κ1) is 20.8. The van der Waals surface area contributed by atoms with Crippen molar-refractivity contribution in [2.45, 2.75) is 6.92 Å².